The first-order valence-corrected chi connectivity index (χ1v) is 6.84. The molecule has 2 heteroatoms. The van der Waals surface area contributed by atoms with E-state index in [4.69, 9.17) is 0 Å². The predicted molar refractivity (Wildman–Crippen MR) is 76.1 cm³/mol. The van der Waals surface area contributed by atoms with Crippen LogP contribution in [0.25, 0.3) is 0 Å². The van der Waals surface area contributed by atoms with Gasteiger partial charge in [0.1, 0.15) is 5.78 Å². The maximum atomic E-state index is 12.0. The number of Topliss-reactive ketones (excluding diaryl/α,β-unsaturated/α-hetero) is 1. The lowest BCUT2D eigenvalue weighted by atomic mass is 9.88. The second-order valence-corrected chi connectivity index (χ2v) is 6.14. The molecule has 1 aliphatic heterocycles. The molecule has 1 aliphatic rings. The highest BCUT2D eigenvalue weighted by molar-refractivity contribution is 5.84. The Morgan fingerprint density at radius 3 is 2.72 bits per heavy atom. The topological polar surface area (TPSA) is 20.3 Å². The number of carbonyl (C=O) groups excluding carboxylic acids is 1. The fourth-order valence-corrected chi connectivity index (χ4v) is 2.46. The summed E-state index contributed by atoms with van der Waals surface area (Å²) in [5.41, 5.74) is 2.53. The minimum Gasteiger partial charge on any atom is -0.371 e. The van der Waals surface area contributed by atoms with Crippen molar-refractivity contribution in [2.45, 2.75) is 40.0 Å². The van der Waals surface area contributed by atoms with Gasteiger partial charge in [-0.05, 0) is 24.5 Å². The molecular formula is C16H23NO. The first kappa shape index (κ1) is 13.1. The van der Waals surface area contributed by atoms with Crippen LogP contribution in [0.5, 0.6) is 0 Å². The standard InChI is InChI=1S/C16H23NO/c1-16(2,3)15(18)10-12-17-11-6-8-13-7-4-5-9-14(13)17/h4-5,7,9H,6,8,10-12H2,1-3H3. The lowest BCUT2D eigenvalue weighted by molar-refractivity contribution is -0.126. The van der Waals surface area contributed by atoms with Gasteiger partial charge in [-0.25, -0.2) is 0 Å². The fraction of sp³-hybridized carbons (Fsp3) is 0.562. The van der Waals surface area contributed by atoms with Crippen molar-refractivity contribution < 1.29 is 4.79 Å². The summed E-state index contributed by atoms with van der Waals surface area (Å²) < 4.78 is 0. The highest BCUT2D eigenvalue weighted by Crippen LogP contribution is 2.27. The molecular weight excluding hydrogens is 222 g/mol. The molecule has 18 heavy (non-hydrogen) atoms. The van der Waals surface area contributed by atoms with Gasteiger partial charge >= 0.3 is 0 Å². The first-order chi connectivity index (χ1) is 8.48. The Labute approximate surface area is 110 Å². The Morgan fingerprint density at radius 2 is 2.00 bits per heavy atom. The van der Waals surface area contributed by atoms with Crippen LogP contribution in [0.15, 0.2) is 24.3 Å². The van der Waals surface area contributed by atoms with E-state index in [2.05, 4.69) is 29.2 Å². The maximum Gasteiger partial charge on any atom is 0.139 e. The number of aryl methyl sites for hydroxylation is 1. The molecule has 0 aliphatic carbocycles. The molecule has 0 bridgehead atoms. The molecule has 0 N–H and O–H groups in total. The molecule has 0 radical (unpaired) electrons. The van der Waals surface area contributed by atoms with E-state index in [0.29, 0.717) is 12.2 Å². The van der Waals surface area contributed by atoms with E-state index in [-0.39, 0.29) is 5.41 Å². The van der Waals surface area contributed by atoms with Gasteiger partial charge in [0.2, 0.25) is 0 Å². The number of para-hydroxylation sites is 1. The molecule has 1 aromatic rings. The van der Waals surface area contributed by atoms with E-state index < -0.39 is 0 Å². The summed E-state index contributed by atoms with van der Waals surface area (Å²) >= 11 is 0. The summed E-state index contributed by atoms with van der Waals surface area (Å²) in [6, 6.07) is 8.56. The molecule has 1 aromatic carbocycles. The van der Waals surface area contributed by atoms with Crippen molar-refractivity contribution in [1.82, 2.24) is 0 Å². The van der Waals surface area contributed by atoms with Gasteiger partial charge in [-0.2, -0.15) is 0 Å². The number of carbonyl (C=O) groups is 1. The number of hydrogen-bond donors (Lipinski definition) is 0. The largest absolute Gasteiger partial charge is 0.371 e. The summed E-state index contributed by atoms with van der Waals surface area (Å²) in [6.45, 7) is 7.93. The summed E-state index contributed by atoms with van der Waals surface area (Å²) in [5, 5.41) is 0. The van der Waals surface area contributed by atoms with E-state index in [0.717, 1.165) is 13.1 Å². The zero-order valence-electron chi connectivity index (χ0n) is 11.7. The van der Waals surface area contributed by atoms with Crippen LogP contribution in [0.1, 0.15) is 39.2 Å². The Morgan fingerprint density at radius 1 is 1.28 bits per heavy atom. The van der Waals surface area contributed by atoms with Gasteiger partial charge in [-0.1, -0.05) is 39.0 Å². The average molecular weight is 245 g/mol. The van der Waals surface area contributed by atoms with Gasteiger partial charge in [0.05, 0.1) is 0 Å². The molecule has 0 saturated heterocycles. The third kappa shape index (κ3) is 2.92. The number of hydrogen-bond acceptors (Lipinski definition) is 2. The third-order valence-corrected chi connectivity index (χ3v) is 3.65. The Bertz CT molecular complexity index is 431. The van der Waals surface area contributed by atoms with E-state index in [9.17, 15) is 4.79 Å². The highest BCUT2D eigenvalue weighted by atomic mass is 16.1. The van der Waals surface area contributed by atoms with Crippen molar-refractivity contribution in [2.24, 2.45) is 5.41 Å². The van der Waals surface area contributed by atoms with E-state index >= 15 is 0 Å². The molecule has 98 valence electrons. The molecule has 0 fully saturated rings. The first-order valence-electron chi connectivity index (χ1n) is 6.84. The summed E-state index contributed by atoms with van der Waals surface area (Å²) in [6.07, 6.45) is 3.01. The van der Waals surface area contributed by atoms with Crippen LogP contribution in [0.4, 0.5) is 5.69 Å². The van der Waals surface area contributed by atoms with Crippen LogP contribution >= 0.6 is 0 Å². The molecule has 0 spiro atoms. The summed E-state index contributed by atoms with van der Waals surface area (Å²) in [5.74, 6) is 0.352. The third-order valence-electron chi connectivity index (χ3n) is 3.65. The molecule has 0 saturated carbocycles. The van der Waals surface area contributed by atoms with Crippen molar-refractivity contribution in [3.05, 3.63) is 29.8 Å². The average Bonchev–Trinajstić information content (AvgIpc) is 2.34. The lowest BCUT2D eigenvalue weighted by Gasteiger charge is -2.31. The Kier molecular flexibility index (Phi) is 3.74. The zero-order chi connectivity index (χ0) is 13.2. The van der Waals surface area contributed by atoms with Crippen LogP contribution in [0.2, 0.25) is 0 Å². The quantitative estimate of drug-likeness (QED) is 0.813. The van der Waals surface area contributed by atoms with Crippen LogP contribution in [0.3, 0.4) is 0 Å². The van der Waals surface area contributed by atoms with Gasteiger partial charge in [-0.3, -0.25) is 4.79 Å². The van der Waals surface area contributed by atoms with Crippen molar-refractivity contribution in [3.63, 3.8) is 0 Å². The number of fused-ring (bicyclic) bond motifs is 1. The number of benzene rings is 1. The second kappa shape index (κ2) is 5.13. The molecule has 0 unspecified atom stereocenters. The van der Waals surface area contributed by atoms with Crippen molar-refractivity contribution in [3.8, 4) is 0 Å². The molecule has 0 amide bonds. The molecule has 0 aromatic heterocycles. The monoisotopic (exact) mass is 245 g/mol. The van der Waals surface area contributed by atoms with Crippen molar-refractivity contribution >= 4 is 11.5 Å². The molecule has 1 heterocycles. The summed E-state index contributed by atoms with van der Waals surface area (Å²) in [4.78, 5) is 14.4. The normalized spacial score (nSPS) is 15.4. The van der Waals surface area contributed by atoms with Gasteiger partial charge in [0.25, 0.3) is 0 Å². The van der Waals surface area contributed by atoms with Gasteiger partial charge in [-0.15, -0.1) is 0 Å². The number of ketones is 1. The lowest BCUT2D eigenvalue weighted by Crippen LogP contribution is -2.33. The molecule has 2 nitrogen and oxygen atoms in total. The SMILES string of the molecule is CC(C)(C)C(=O)CCN1CCCc2ccccc21. The van der Waals surface area contributed by atoms with E-state index in [1.807, 2.05) is 20.8 Å². The minimum absolute atomic E-state index is 0.213. The maximum absolute atomic E-state index is 12.0. The smallest absolute Gasteiger partial charge is 0.139 e. The molecule has 2 rings (SSSR count). The van der Waals surface area contributed by atoms with E-state index in [1.54, 1.807) is 0 Å². The Hall–Kier alpha value is -1.31. The zero-order valence-corrected chi connectivity index (χ0v) is 11.7. The number of anilines is 1. The highest BCUT2D eigenvalue weighted by Gasteiger charge is 2.23. The van der Waals surface area contributed by atoms with Crippen molar-refractivity contribution in [2.75, 3.05) is 18.0 Å². The van der Waals surface area contributed by atoms with Crippen molar-refractivity contribution in [1.29, 1.82) is 0 Å². The fourth-order valence-electron chi connectivity index (χ4n) is 2.46. The minimum atomic E-state index is -0.213. The Balaban J connectivity index is 2.02. The predicted octanol–water partition coefficient (Wildman–Crippen LogP) is 3.44. The van der Waals surface area contributed by atoms with Crippen LogP contribution in [0, 0.1) is 5.41 Å². The van der Waals surface area contributed by atoms with Gasteiger partial charge in [0, 0.05) is 30.6 Å². The van der Waals surface area contributed by atoms with Crippen LogP contribution in [-0.2, 0) is 11.2 Å². The molecule has 0 atom stereocenters. The second-order valence-electron chi connectivity index (χ2n) is 6.14. The van der Waals surface area contributed by atoms with Gasteiger partial charge in [0.15, 0.2) is 0 Å². The van der Waals surface area contributed by atoms with E-state index in [1.165, 1.54) is 24.1 Å². The summed E-state index contributed by atoms with van der Waals surface area (Å²) in [7, 11) is 0. The van der Waals surface area contributed by atoms with Gasteiger partial charge < -0.3 is 4.90 Å². The number of rotatable bonds is 3. The number of nitrogens with zero attached hydrogens (tertiary/aromatic N) is 1. The van der Waals surface area contributed by atoms with Crippen LogP contribution < -0.4 is 4.90 Å². The van der Waals surface area contributed by atoms with Crippen LogP contribution in [-0.4, -0.2) is 18.9 Å².